The normalized spacial score (nSPS) is 30.2. The summed E-state index contributed by atoms with van der Waals surface area (Å²) in [5, 5.41) is 9.28. The predicted octanol–water partition coefficient (Wildman–Crippen LogP) is 2.27. The molecule has 2 heterocycles. The number of aliphatic carboxylic acids is 1. The van der Waals surface area contributed by atoms with Crippen molar-refractivity contribution in [1.82, 2.24) is 4.90 Å². The molecule has 2 saturated heterocycles. The summed E-state index contributed by atoms with van der Waals surface area (Å²) in [5.41, 5.74) is 0. The Kier molecular flexibility index (Phi) is 5.45. The molecule has 0 amide bonds. The van der Waals surface area contributed by atoms with Crippen LogP contribution >= 0.6 is 0 Å². The molecule has 0 spiro atoms. The predicted molar refractivity (Wildman–Crippen MR) is 69.7 cm³/mol. The van der Waals surface area contributed by atoms with Gasteiger partial charge in [0.1, 0.15) is 6.04 Å². The number of carboxylic acid groups (broad SMARTS) is 1. The standard InChI is InChI=1S/C14H25NO3/c16-14(17)13-8-2-1-3-9-15(13)10-4-6-12-7-5-11-18-12/h12-13H,1-11H2,(H,16,17). The van der Waals surface area contributed by atoms with Gasteiger partial charge in [0.2, 0.25) is 0 Å². The van der Waals surface area contributed by atoms with Crippen molar-refractivity contribution < 1.29 is 14.6 Å². The largest absolute Gasteiger partial charge is 0.480 e. The van der Waals surface area contributed by atoms with Gasteiger partial charge in [0, 0.05) is 6.61 Å². The molecule has 0 radical (unpaired) electrons. The molecule has 0 aliphatic carbocycles. The Morgan fingerprint density at radius 1 is 1.22 bits per heavy atom. The lowest BCUT2D eigenvalue weighted by Gasteiger charge is -2.26. The van der Waals surface area contributed by atoms with Gasteiger partial charge >= 0.3 is 5.97 Å². The SMILES string of the molecule is O=C(O)C1CCCCCN1CCCC1CCCO1. The van der Waals surface area contributed by atoms with E-state index < -0.39 is 5.97 Å². The zero-order chi connectivity index (χ0) is 12.8. The molecule has 1 N–H and O–H groups in total. The van der Waals surface area contributed by atoms with Crippen LogP contribution in [0.2, 0.25) is 0 Å². The highest BCUT2D eigenvalue weighted by Gasteiger charge is 2.26. The van der Waals surface area contributed by atoms with Gasteiger partial charge in [-0.05, 0) is 51.6 Å². The summed E-state index contributed by atoms with van der Waals surface area (Å²) in [7, 11) is 0. The first-order valence-electron chi connectivity index (χ1n) is 7.36. The maximum atomic E-state index is 11.3. The molecule has 0 aromatic rings. The third-order valence-electron chi connectivity index (χ3n) is 4.14. The van der Waals surface area contributed by atoms with Gasteiger partial charge in [0.15, 0.2) is 0 Å². The highest BCUT2D eigenvalue weighted by molar-refractivity contribution is 5.73. The maximum absolute atomic E-state index is 11.3. The second-order valence-electron chi connectivity index (χ2n) is 5.52. The van der Waals surface area contributed by atoms with Crippen molar-refractivity contribution in [2.24, 2.45) is 0 Å². The zero-order valence-electron chi connectivity index (χ0n) is 11.1. The lowest BCUT2D eigenvalue weighted by atomic mass is 10.1. The number of hydrogen-bond acceptors (Lipinski definition) is 3. The molecular formula is C14H25NO3. The number of ether oxygens (including phenoxy) is 1. The molecule has 0 aromatic heterocycles. The van der Waals surface area contributed by atoms with Gasteiger partial charge in [-0.3, -0.25) is 9.69 Å². The molecule has 18 heavy (non-hydrogen) atoms. The highest BCUT2D eigenvalue weighted by atomic mass is 16.5. The number of likely N-dealkylation sites (tertiary alicyclic amines) is 1. The molecule has 2 rings (SSSR count). The molecule has 2 atom stereocenters. The summed E-state index contributed by atoms with van der Waals surface area (Å²) in [4.78, 5) is 13.4. The van der Waals surface area contributed by atoms with E-state index in [-0.39, 0.29) is 6.04 Å². The number of carbonyl (C=O) groups is 1. The molecule has 2 aliphatic heterocycles. The Morgan fingerprint density at radius 3 is 2.83 bits per heavy atom. The lowest BCUT2D eigenvalue weighted by Crippen LogP contribution is -2.41. The Labute approximate surface area is 109 Å². The number of rotatable bonds is 5. The van der Waals surface area contributed by atoms with Gasteiger partial charge in [0.25, 0.3) is 0 Å². The van der Waals surface area contributed by atoms with Gasteiger partial charge in [-0.2, -0.15) is 0 Å². The van der Waals surface area contributed by atoms with Crippen molar-refractivity contribution >= 4 is 5.97 Å². The van der Waals surface area contributed by atoms with Gasteiger partial charge in [-0.1, -0.05) is 12.8 Å². The van der Waals surface area contributed by atoms with Crippen LogP contribution in [0, 0.1) is 0 Å². The number of carboxylic acids is 1. The quantitative estimate of drug-likeness (QED) is 0.818. The van der Waals surface area contributed by atoms with E-state index in [2.05, 4.69) is 4.90 Å². The van der Waals surface area contributed by atoms with Gasteiger partial charge < -0.3 is 9.84 Å². The van der Waals surface area contributed by atoms with Crippen LogP contribution < -0.4 is 0 Å². The average Bonchev–Trinajstić information content (AvgIpc) is 2.73. The van der Waals surface area contributed by atoms with Crippen molar-refractivity contribution in [1.29, 1.82) is 0 Å². The second kappa shape index (κ2) is 7.10. The van der Waals surface area contributed by atoms with E-state index >= 15 is 0 Å². The molecular weight excluding hydrogens is 230 g/mol. The van der Waals surface area contributed by atoms with Crippen LogP contribution in [0.25, 0.3) is 0 Å². The van der Waals surface area contributed by atoms with Crippen LogP contribution in [0.1, 0.15) is 51.4 Å². The zero-order valence-corrected chi connectivity index (χ0v) is 11.1. The van der Waals surface area contributed by atoms with E-state index in [4.69, 9.17) is 4.74 Å². The van der Waals surface area contributed by atoms with Gasteiger partial charge in [-0.15, -0.1) is 0 Å². The molecule has 0 saturated carbocycles. The molecule has 4 heteroatoms. The molecule has 0 bridgehead atoms. The Morgan fingerprint density at radius 2 is 2.11 bits per heavy atom. The average molecular weight is 255 g/mol. The summed E-state index contributed by atoms with van der Waals surface area (Å²) >= 11 is 0. The van der Waals surface area contributed by atoms with E-state index in [9.17, 15) is 9.90 Å². The van der Waals surface area contributed by atoms with Crippen molar-refractivity contribution in [2.75, 3.05) is 19.7 Å². The summed E-state index contributed by atoms with van der Waals surface area (Å²) in [5.74, 6) is -0.644. The minimum atomic E-state index is -0.644. The highest BCUT2D eigenvalue weighted by Crippen LogP contribution is 2.20. The fourth-order valence-corrected chi connectivity index (χ4v) is 3.11. The molecule has 2 fully saturated rings. The summed E-state index contributed by atoms with van der Waals surface area (Å²) < 4.78 is 5.61. The Balaban J connectivity index is 1.75. The van der Waals surface area contributed by atoms with Crippen molar-refractivity contribution in [3.63, 3.8) is 0 Å². The van der Waals surface area contributed by atoms with Crippen LogP contribution in [0.5, 0.6) is 0 Å². The first-order valence-corrected chi connectivity index (χ1v) is 7.36. The van der Waals surface area contributed by atoms with Crippen LogP contribution in [0.4, 0.5) is 0 Å². The second-order valence-corrected chi connectivity index (χ2v) is 5.52. The van der Waals surface area contributed by atoms with Crippen LogP contribution in [-0.2, 0) is 9.53 Å². The summed E-state index contributed by atoms with van der Waals surface area (Å²) in [6.45, 7) is 2.77. The molecule has 2 aliphatic rings. The Hall–Kier alpha value is -0.610. The third-order valence-corrected chi connectivity index (χ3v) is 4.14. The summed E-state index contributed by atoms with van der Waals surface area (Å²) in [6.07, 6.45) is 9.14. The van der Waals surface area contributed by atoms with Crippen LogP contribution in [0.3, 0.4) is 0 Å². The van der Waals surface area contributed by atoms with E-state index in [0.717, 1.165) is 51.8 Å². The van der Waals surface area contributed by atoms with Crippen molar-refractivity contribution in [2.45, 2.75) is 63.5 Å². The van der Waals surface area contributed by atoms with Crippen LogP contribution in [-0.4, -0.2) is 47.8 Å². The first-order chi connectivity index (χ1) is 8.77. The summed E-state index contributed by atoms with van der Waals surface area (Å²) in [6, 6.07) is -0.253. The van der Waals surface area contributed by atoms with Crippen LogP contribution in [0.15, 0.2) is 0 Å². The monoisotopic (exact) mass is 255 g/mol. The fraction of sp³-hybridized carbons (Fsp3) is 0.929. The van der Waals surface area contributed by atoms with E-state index in [1.165, 1.54) is 19.3 Å². The maximum Gasteiger partial charge on any atom is 0.320 e. The molecule has 4 nitrogen and oxygen atoms in total. The minimum Gasteiger partial charge on any atom is -0.480 e. The van der Waals surface area contributed by atoms with Gasteiger partial charge in [0.05, 0.1) is 6.10 Å². The van der Waals surface area contributed by atoms with Crippen molar-refractivity contribution in [3.8, 4) is 0 Å². The van der Waals surface area contributed by atoms with E-state index in [1.54, 1.807) is 0 Å². The third kappa shape index (κ3) is 3.95. The Bertz CT molecular complexity index is 264. The molecule has 2 unspecified atom stereocenters. The number of nitrogens with zero attached hydrogens (tertiary/aromatic N) is 1. The lowest BCUT2D eigenvalue weighted by molar-refractivity contribution is -0.143. The number of hydrogen-bond donors (Lipinski definition) is 1. The first kappa shape index (κ1) is 13.8. The topological polar surface area (TPSA) is 49.8 Å². The van der Waals surface area contributed by atoms with Gasteiger partial charge in [-0.25, -0.2) is 0 Å². The minimum absolute atomic E-state index is 0.253. The smallest absolute Gasteiger partial charge is 0.320 e. The van der Waals surface area contributed by atoms with E-state index in [0.29, 0.717) is 6.10 Å². The van der Waals surface area contributed by atoms with Crippen molar-refractivity contribution in [3.05, 3.63) is 0 Å². The molecule has 104 valence electrons. The fourth-order valence-electron chi connectivity index (χ4n) is 3.11. The molecule has 0 aromatic carbocycles. The van der Waals surface area contributed by atoms with E-state index in [1.807, 2.05) is 0 Å².